The SMILES string of the molecule is COC(=O)c1ccc(C(=O)c2ccnnc2)o1. The molecule has 0 fully saturated rings. The van der Waals surface area contributed by atoms with Crippen LogP contribution in [-0.4, -0.2) is 29.1 Å². The van der Waals surface area contributed by atoms with Gasteiger partial charge in [0.15, 0.2) is 5.76 Å². The number of nitrogens with zero attached hydrogens (tertiary/aromatic N) is 2. The first-order valence-corrected chi connectivity index (χ1v) is 4.72. The molecule has 0 saturated carbocycles. The van der Waals surface area contributed by atoms with Crippen molar-refractivity contribution in [3.63, 3.8) is 0 Å². The molecule has 0 unspecified atom stereocenters. The van der Waals surface area contributed by atoms with Gasteiger partial charge in [0.05, 0.1) is 19.5 Å². The molecule has 0 amide bonds. The van der Waals surface area contributed by atoms with Gasteiger partial charge in [0, 0.05) is 5.56 Å². The van der Waals surface area contributed by atoms with E-state index in [1.165, 1.54) is 37.7 Å². The molecule has 0 bridgehead atoms. The molecule has 0 aliphatic heterocycles. The van der Waals surface area contributed by atoms with E-state index in [0.29, 0.717) is 5.56 Å². The summed E-state index contributed by atoms with van der Waals surface area (Å²) in [6.07, 6.45) is 2.72. The number of hydrogen-bond acceptors (Lipinski definition) is 6. The average Bonchev–Trinajstić information content (AvgIpc) is 2.87. The molecule has 0 aliphatic rings. The highest BCUT2D eigenvalue weighted by molar-refractivity contribution is 6.07. The van der Waals surface area contributed by atoms with Crippen LogP contribution < -0.4 is 0 Å². The maximum atomic E-state index is 11.9. The van der Waals surface area contributed by atoms with Crippen molar-refractivity contribution in [2.24, 2.45) is 0 Å². The quantitative estimate of drug-likeness (QED) is 0.581. The summed E-state index contributed by atoms with van der Waals surface area (Å²) in [5.41, 5.74) is 0.339. The van der Waals surface area contributed by atoms with Crippen LogP contribution in [0.25, 0.3) is 0 Å². The minimum atomic E-state index is -0.628. The Morgan fingerprint density at radius 2 is 1.94 bits per heavy atom. The Morgan fingerprint density at radius 1 is 1.18 bits per heavy atom. The van der Waals surface area contributed by atoms with E-state index in [1.54, 1.807) is 0 Å². The second-order valence-corrected chi connectivity index (χ2v) is 3.12. The third-order valence-electron chi connectivity index (χ3n) is 2.06. The van der Waals surface area contributed by atoms with Crippen molar-refractivity contribution in [1.29, 1.82) is 0 Å². The molecule has 6 nitrogen and oxygen atoms in total. The lowest BCUT2D eigenvalue weighted by atomic mass is 10.2. The fourth-order valence-corrected chi connectivity index (χ4v) is 1.24. The molecule has 6 heteroatoms. The highest BCUT2D eigenvalue weighted by Crippen LogP contribution is 2.13. The van der Waals surface area contributed by atoms with Crippen LogP contribution in [0.3, 0.4) is 0 Å². The lowest BCUT2D eigenvalue weighted by Crippen LogP contribution is -2.02. The number of furan rings is 1. The van der Waals surface area contributed by atoms with E-state index in [1.807, 2.05) is 0 Å². The van der Waals surface area contributed by atoms with Crippen LogP contribution in [0.2, 0.25) is 0 Å². The summed E-state index contributed by atoms with van der Waals surface area (Å²) in [7, 11) is 1.24. The Hall–Kier alpha value is -2.50. The van der Waals surface area contributed by atoms with E-state index < -0.39 is 5.97 Å². The number of rotatable bonds is 3. The van der Waals surface area contributed by atoms with E-state index >= 15 is 0 Å². The summed E-state index contributed by atoms with van der Waals surface area (Å²) in [6.45, 7) is 0. The maximum absolute atomic E-state index is 11.9. The third kappa shape index (κ3) is 2.20. The summed E-state index contributed by atoms with van der Waals surface area (Å²) in [5, 5.41) is 7.15. The van der Waals surface area contributed by atoms with Crippen molar-refractivity contribution < 1.29 is 18.7 Å². The normalized spacial score (nSPS) is 9.94. The molecule has 0 spiro atoms. The summed E-state index contributed by atoms with van der Waals surface area (Å²) in [6, 6.07) is 4.30. The molecule has 0 atom stereocenters. The smallest absolute Gasteiger partial charge is 0.373 e. The standard InChI is InChI=1S/C11H8N2O4/c1-16-11(15)9-3-2-8(17-9)10(14)7-4-5-12-13-6-7/h2-6H,1H3. The predicted molar refractivity (Wildman–Crippen MR) is 55.5 cm³/mol. The Labute approximate surface area is 96.2 Å². The first-order chi connectivity index (χ1) is 8.22. The van der Waals surface area contributed by atoms with Gasteiger partial charge in [-0.15, -0.1) is 0 Å². The number of ketones is 1. The fraction of sp³-hybridized carbons (Fsp3) is 0.0909. The Bertz CT molecular complexity index is 548. The van der Waals surface area contributed by atoms with Crippen LogP contribution >= 0.6 is 0 Å². The van der Waals surface area contributed by atoms with Crippen molar-refractivity contribution in [1.82, 2.24) is 10.2 Å². The molecular weight excluding hydrogens is 224 g/mol. The summed E-state index contributed by atoms with van der Waals surface area (Å²) in [4.78, 5) is 23.0. The zero-order valence-corrected chi connectivity index (χ0v) is 8.91. The first kappa shape index (κ1) is 11.0. The number of methoxy groups -OCH3 is 1. The zero-order valence-electron chi connectivity index (χ0n) is 8.91. The predicted octanol–water partition coefficient (Wildman–Crippen LogP) is 1.09. The van der Waals surface area contributed by atoms with Gasteiger partial charge in [-0.25, -0.2) is 4.79 Å². The lowest BCUT2D eigenvalue weighted by Gasteiger charge is -1.96. The molecule has 2 heterocycles. The second-order valence-electron chi connectivity index (χ2n) is 3.12. The van der Waals surface area contributed by atoms with Gasteiger partial charge < -0.3 is 9.15 Å². The Morgan fingerprint density at radius 3 is 2.59 bits per heavy atom. The number of aromatic nitrogens is 2. The molecule has 0 aliphatic carbocycles. The van der Waals surface area contributed by atoms with E-state index in [4.69, 9.17) is 4.42 Å². The van der Waals surface area contributed by atoms with Gasteiger partial charge in [0.1, 0.15) is 0 Å². The minimum Gasteiger partial charge on any atom is -0.463 e. The van der Waals surface area contributed by atoms with Gasteiger partial charge in [-0.1, -0.05) is 0 Å². The lowest BCUT2D eigenvalue weighted by molar-refractivity contribution is 0.0563. The van der Waals surface area contributed by atoms with Gasteiger partial charge in [-0.3, -0.25) is 4.79 Å². The molecule has 2 aromatic rings. The molecule has 0 radical (unpaired) electrons. The van der Waals surface area contributed by atoms with Gasteiger partial charge in [-0.05, 0) is 18.2 Å². The molecule has 0 aromatic carbocycles. The number of esters is 1. The first-order valence-electron chi connectivity index (χ1n) is 4.72. The number of carbonyl (C=O) groups is 2. The van der Waals surface area contributed by atoms with Gasteiger partial charge >= 0.3 is 5.97 Å². The van der Waals surface area contributed by atoms with Gasteiger partial charge in [-0.2, -0.15) is 10.2 Å². The Balaban J connectivity index is 2.27. The topological polar surface area (TPSA) is 82.3 Å². The van der Waals surface area contributed by atoms with Crippen LogP contribution in [0.15, 0.2) is 35.0 Å². The van der Waals surface area contributed by atoms with E-state index in [2.05, 4.69) is 14.9 Å². The van der Waals surface area contributed by atoms with Crippen LogP contribution in [0.4, 0.5) is 0 Å². The largest absolute Gasteiger partial charge is 0.463 e. The molecule has 2 rings (SSSR count). The van der Waals surface area contributed by atoms with Crippen LogP contribution in [-0.2, 0) is 4.74 Å². The molecule has 2 aromatic heterocycles. The fourth-order valence-electron chi connectivity index (χ4n) is 1.24. The summed E-state index contributed by atoms with van der Waals surface area (Å²) >= 11 is 0. The highest BCUT2D eigenvalue weighted by atomic mass is 16.5. The maximum Gasteiger partial charge on any atom is 0.373 e. The average molecular weight is 232 g/mol. The number of hydrogen-bond donors (Lipinski definition) is 0. The number of ether oxygens (including phenoxy) is 1. The summed E-state index contributed by atoms with van der Waals surface area (Å²) < 4.78 is 9.55. The monoisotopic (exact) mass is 232 g/mol. The highest BCUT2D eigenvalue weighted by Gasteiger charge is 2.17. The number of carbonyl (C=O) groups excluding carboxylic acids is 2. The molecular formula is C11H8N2O4. The molecule has 0 saturated heterocycles. The van der Waals surface area contributed by atoms with Crippen molar-refractivity contribution in [2.45, 2.75) is 0 Å². The van der Waals surface area contributed by atoms with Crippen molar-refractivity contribution in [3.05, 3.63) is 47.7 Å². The van der Waals surface area contributed by atoms with Crippen LogP contribution in [0.5, 0.6) is 0 Å². The van der Waals surface area contributed by atoms with Crippen LogP contribution in [0, 0.1) is 0 Å². The van der Waals surface area contributed by atoms with Crippen molar-refractivity contribution in [2.75, 3.05) is 7.11 Å². The third-order valence-corrected chi connectivity index (χ3v) is 2.06. The Kier molecular flexibility index (Phi) is 2.95. The molecule has 0 N–H and O–H groups in total. The van der Waals surface area contributed by atoms with Gasteiger partial charge in [0.25, 0.3) is 0 Å². The van der Waals surface area contributed by atoms with E-state index in [0.717, 1.165) is 0 Å². The second kappa shape index (κ2) is 4.56. The van der Waals surface area contributed by atoms with E-state index in [-0.39, 0.29) is 17.3 Å². The van der Waals surface area contributed by atoms with Crippen LogP contribution in [0.1, 0.15) is 26.7 Å². The molecule has 86 valence electrons. The molecule has 17 heavy (non-hydrogen) atoms. The minimum absolute atomic E-state index is 0.0159. The van der Waals surface area contributed by atoms with Crippen molar-refractivity contribution >= 4 is 11.8 Å². The van der Waals surface area contributed by atoms with Gasteiger partial charge in [0.2, 0.25) is 11.5 Å². The zero-order chi connectivity index (χ0) is 12.3. The summed E-state index contributed by atoms with van der Waals surface area (Å²) in [5.74, 6) is -0.955. The van der Waals surface area contributed by atoms with Crippen molar-refractivity contribution in [3.8, 4) is 0 Å². The van der Waals surface area contributed by atoms with E-state index in [9.17, 15) is 9.59 Å².